The maximum atomic E-state index is 12.6. The molecule has 2 amide bonds. The maximum absolute atomic E-state index is 12.6. The van der Waals surface area contributed by atoms with Gasteiger partial charge < -0.3 is 5.11 Å². The number of hydrogen-bond donors (Lipinski definition) is 1. The Kier molecular flexibility index (Phi) is 4.32. The molecule has 0 atom stereocenters. The lowest BCUT2D eigenvalue weighted by Crippen LogP contribution is -2.29. The highest BCUT2D eigenvalue weighted by Crippen LogP contribution is 2.28. The number of rotatable bonds is 3. The van der Waals surface area contributed by atoms with E-state index >= 15 is 0 Å². The van der Waals surface area contributed by atoms with Gasteiger partial charge in [-0.15, -0.1) is 0 Å². The Bertz CT molecular complexity index is 980. The van der Waals surface area contributed by atoms with Crippen LogP contribution in [-0.2, 0) is 4.79 Å². The first kappa shape index (κ1) is 17.0. The molecule has 1 aliphatic heterocycles. The topological polar surface area (TPSA) is 113 Å². The van der Waals surface area contributed by atoms with Gasteiger partial charge in [0, 0.05) is 11.6 Å². The molecule has 0 radical (unpaired) electrons. The van der Waals surface area contributed by atoms with Crippen molar-refractivity contribution < 1.29 is 19.6 Å². The van der Waals surface area contributed by atoms with E-state index in [-0.39, 0.29) is 5.57 Å². The number of benzene rings is 2. The van der Waals surface area contributed by atoms with Crippen LogP contribution in [0.2, 0.25) is 0 Å². The van der Waals surface area contributed by atoms with E-state index in [0.717, 1.165) is 11.1 Å². The predicted octanol–water partition coefficient (Wildman–Crippen LogP) is 2.74. The van der Waals surface area contributed by atoms with Gasteiger partial charge in [-0.3, -0.25) is 19.7 Å². The van der Waals surface area contributed by atoms with Crippen LogP contribution < -0.4 is 0 Å². The second-order valence-corrected chi connectivity index (χ2v) is 5.54. The first-order chi connectivity index (χ1) is 12.4. The van der Waals surface area contributed by atoms with Gasteiger partial charge in [0.15, 0.2) is 5.75 Å². The van der Waals surface area contributed by atoms with Crippen molar-refractivity contribution in [3.05, 3.63) is 75.3 Å². The molecule has 1 heterocycles. The van der Waals surface area contributed by atoms with E-state index in [0.29, 0.717) is 16.8 Å². The second kappa shape index (κ2) is 6.60. The molecule has 0 saturated heterocycles. The number of hydrazone groups is 1. The highest BCUT2D eigenvalue weighted by atomic mass is 16.6. The Morgan fingerprint density at radius 1 is 1.23 bits per heavy atom. The Labute approximate surface area is 147 Å². The van der Waals surface area contributed by atoms with Crippen LogP contribution in [0.4, 0.5) is 5.69 Å². The number of carbonyl (C=O) groups excluding carboxylic acids is 2. The molecule has 0 spiro atoms. The third kappa shape index (κ3) is 3.07. The fourth-order valence-corrected chi connectivity index (χ4v) is 2.47. The van der Waals surface area contributed by atoms with Crippen LogP contribution in [0.5, 0.6) is 5.75 Å². The molecular formula is C18H13N3O5. The molecule has 0 aromatic heterocycles. The smallest absolute Gasteiger partial charge is 0.311 e. The van der Waals surface area contributed by atoms with E-state index in [9.17, 15) is 24.8 Å². The quantitative estimate of drug-likeness (QED) is 0.395. The standard InChI is InChI=1S/C18H13N3O5/c1-11-14(9-12-7-8-16(22)15(10-12)21(25)26)18(24)20(19-11)17(23)13-5-3-2-4-6-13/h2-10,22H,1H3/b14-9+. The average molecular weight is 351 g/mol. The van der Waals surface area contributed by atoms with Gasteiger partial charge in [-0.2, -0.15) is 10.1 Å². The molecule has 0 unspecified atom stereocenters. The predicted molar refractivity (Wildman–Crippen MR) is 93.5 cm³/mol. The van der Waals surface area contributed by atoms with Crippen LogP contribution in [0.25, 0.3) is 6.08 Å². The number of aromatic hydroxyl groups is 1. The summed E-state index contributed by atoms with van der Waals surface area (Å²) in [6.45, 7) is 1.57. The van der Waals surface area contributed by atoms with Crippen LogP contribution in [0.15, 0.2) is 59.2 Å². The molecule has 2 aromatic rings. The molecular weight excluding hydrogens is 338 g/mol. The van der Waals surface area contributed by atoms with Gasteiger partial charge in [0.25, 0.3) is 11.8 Å². The minimum Gasteiger partial charge on any atom is -0.502 e. The van der Waals surface area contributed by atoms with Gasteiger partial charge in [0.2, 0.25) is 0 Å². The summed E-state index contributed by atoms with van der Waals surface area (Å²) in [6, 6.07) is 12.0. The van der Waals surface area contributed by atoms with E-state index in [1.807, 2.05) is 0 Å². The SMILES string of the molecule is CC1=NN(C(=O)c2ccccc2)C(=O)/C1=C/c1ccc(O)c([N+](=O)[O-])c1. The molecule has 1 aliphatic rings. The molecule has 2 aromatic carbocycles. The lowest BCUT2D eigenvalue weighted by Gasteiger charge is -2.09. The van der Waals surface area contributed by atoms with Crippen LogP contribution in [0, 0.1) is 10.1 Å². The molecule has 26 heavy (non-hydrogen) atoms. The number of nitrogens with zero attached hydrogens (tertiary/aromatic N) is 3. The molecule has 0 saturated carbocycles. The Morgan fingerprint density at radius 3 is 2.58 bits per heavy atom. The normalized spacial score (nSPS) is 15.3. The monoisotopic (exact) mass is 351 g/mol. The Hall–Kier alpha value is -3.81. The van der Waals surface area contributed by atoms with Crippen molar-refractivity contribution in [1.82, 2.24) is 5.01 Å². The number of hydrogen-bond acceptors (Lipinski definition) is 6. The van der Waals surface area contributed by atoms with Crippen LogP contribution in [0.1, 0.15) is 22.8 Å². The lowest BCUT2D eigenvalue weighted by molar-refractivity contribution is -0.385. The molecule has 0 aliphatic carbocycles. The highest BCUT2D eigenvalue weighted by Gasteiger charge is 2.33. The van der Waals surface area contributed by atoms with Crippen molar-refractivity contribution in [2.45, 2.75) is 6.92 Å². The largest absolute Gasteiger partial charge is 0.502 e. The van der Waals surface area contributed by atoms with Crippen molar-refractivity contribution in [2.24, 2.45) is 5.10 Å². The summed E-state index contributed by atoms with van der Waals surface area (Å²) >= 11 is 0. The molecule has 0 bridgehead atoms. The third-order valence-corrected chi connectivity index (χ3v) is 3.78. The number of phenols is 1. The van der Waals surface area contributed by atoms with Crippen molar-refractivity contribution >= 4 is 29.3 Å². The minimum atomic E-state index is -0.722. The van der Waals surface area contributed by atoms with Crippen molar-refractivity contribution in [3.63, 3.8) is 0 Å². The van der Waals surface area contributed by atoms with Crippen molar-refractivity contribution in [3.8, 4) is 5.75 Å². The van der Waals surface area contributed by atoms with Crippen LogP contribution in [0.3, 0.4) is 0 Å². The van der Waals surface area contributed by atoms with Crippen LogP contribution in [-0.4, -0.2) is 32.6 Å². The van der Waals surface area contributed by atoms with E-state index in [1.165, 1.54) is 18.2 Å². The summed E-state index contributed by atoms with van der Waals surface area (Å²) in [5.74, 6) is -1.65. The molecule has 3 rings (SSSR count). The molecule has 130 valence electrons. The van der Waals surface area contributed by atoms with E-state index in [1.54, 1.807) is 37.3 Å². The van der Waals surface area contributed by atoms with E-state index in [2.05, 4.69) is 5.10 Å². The number of nitro groups is 1. The zero-order chi connectivity index (χ0) is 18.8. The van der Waals surface area contributed by atoms with Crippen molar-refractivity contribution in [2.75, 3.05) is 0 Å². The minimum absolute atomic E-state index is 0.147. The first-order valence-electron chi connectivity index (χ1n) is 7.57. The van der Waals surface area contributed by atoms with Gasteiger partial charge in [-0.05, 0) is 36.8 Å². The number of imide groups is 1. The fourth-order valence-electron chi connectivity index (χ4n) is 2.47. The summed E-state index contributed by atoms with van der Waals surface area (Å²) < 4.78 is 0. The zero-order valence-electron chi connectivity index (χ0n) is 13.6. The summed E-state index contributed by atoms with van der Waals surface area (Å²) in [5, 5.41) is 25.2. The highest BCUT2D eigenvalue weighted by molar-refractivity contribution is 6.30. The summed E-state index contributed by atoms with van der Waals surface area (Å²) in [6.07, 6.45) is 1.39. The fraction of sp³-hybridized carbons (Fsp3) is 0.0556. The maximum Gasteiger partial charge on any atom is 0.311 e. The third-order valence-electron chi connectivity index (χ3n) is 3.78. The van der Waals surface area contributed by atoms with E-state index in [4.69, 9.17) is 0 Å². The molecule has 8 nitrogen and oxygen atoms in total. The van der Waals surface area contributed by atoms with Gasteiger partial charge in [0.05, 0.1) is 16.2 Å². The van der Waals surface area contributed by atoms with Gasteiger partial charge in [-0.25, -0.2) is 0 Å². The molecule has 0 fully saturated rings. The van der Waals surface area contributed by atoms with Gasteiger partial charge in [-0.1, -0.05) is 24.3 Å². The van der Waals surface area contributed by atoms with Crippen LogP contribution >= 0.6 is 0 Å². The first-order valence-corrected chi connectivity index (χ1v) is 7.57. The summed E-state index contributed by atoms with van der Waals surface area (Å²) in [7, 11) is 0. The van der Waals surface area contributed by atoms with Gasteiger partial charge >= 0.3 is 5.69 Å². The summed E-state index contributed by atoms with van der Waals surface area (Å²) in [4.78, 5) is 35.2. The zero-order valence-corrected chi connectivity index (χ0v) is 13.6. The second-order valence-electron chi connectivity index (χ2n) is 5.54. The number of carbonyl (C=O) groups is 2. The van der Waals surface area contributed by atoms with E-state index < -0.39 is 28.2 Å². The molecule has 1 N–H and O–H groups in total. The lowest BCUT2D eigenvalue weighted by atomic mass is 10.1. The average Bonchev–Trinajstić information content (AvgIpc) is 2.91. The number of phenolic OH excluding ortho intramolecular Hbond substituents is 1. The van der Waals surface area contributed by atoms with Crippen molar-refractivity contribution in [1.29, 1.82) is 0 Å². The number of amides is 2. The summed E-state index contributed by atoms with van der Waals surface area (Å²) in [5.41, 5.74) is 0.640. The molecule has 8 heteroatoms. The Morgan fingerprint density at radius 2 is 1.92 bits per heavy atom. The van der Waals surface area contributed by atoms with Gasteiger partial charge in [0.1, 0.15) is 0 Å². The Balaban J connectivity index is 1.93. The number of nitro benzene ring substituents is 1.